The van der Waals surface area contributed by atoms with Crippen molar-refractivity contribution in [1.82, 2.24) is 4.90 Å². The van der Waals surface area contributed by atoms with Crippen LogP contribution in [0.25, 0.3) is 0 Å². The third kappa shape index (κ3) is 2.51. The lowest BCUT2D eigenvalue weighted by Crippen LogP contribution is -2.35. The van der Waals surface area contributed by atoms with Crippen molar-refractivity contribution in [3.05, 3.63) is 23.0 Å². The molecule has 1 aromatic carbocycles. The number of nitrogen functional groups attached to an aromatic ring is 1. The fraction of sp³-hybridized carbons (Fsp3) is 0.571. The second-order valence-electron chi connectivity index (χ2n) is 5.46. The van der Waals surface area contributed by atoms with E-state index < -0.39 is 5.82 Å². The monoisotopic (exact) mass is 283 g/mol. The molecule has 19 heavy (non-hydrogen) atoms. The molecule has 2 aliphatic rings. The predicted octanol–water partition coefficient (Wildman–Crippen LogP) is 2.74. The second kappa shape index (κ2) is 5.17. The van der Waals surface area contributed by atoms with E-state index in [2.05, 4.69) is 9.80 Å². The third-order valence-corrected chi connectivity index (χ3v) is 4.52. The Morgan fingerprint density at radius 3 is 2.68 bits per heavy atom. The van der Waals surface area contributed by atoms with Crippen LogP contribution >= 0.6 is 11.6 Å². The number of hydrogen-bond donors (Lipinski definition) is 1. The van der Waals surface area contributed by atoms with E-state index in [1.807, 2.05) is 0 Å². The maximum Gasteiger partial charge on any atom is 0.143 e. The van der Waals surface area contributed by atoms with Gasteiger partial charge < -0.3 is 10.6 Å². The van der Waals surface area contributed by atoms with Crippen LogP contribution in [-0.4, -0.2) is 37.1 Å². The van der Waals surface area contributed by atoms with Gasteiger partial charge in [-0.1, -0.05) is 11.6 Å². The Bertz CT molecular complexity index is 474. The molecule has 2 saturated heterocycles. The van der Waals surface area contributed by atoms with Gasteiger partial charge in [0.1, 0.15) is 5.82 Å². The zero-order valence-corrected chi connectivity index (χ0v) is 11.7. The summed E-state index contributed by atoms with van der Waals surface area (Å²) in [6.45, 7) is 4.34. The number of likely N-dealkylation sites (tertiary alicyclic amines) is 1. The van der Waals surface area contributed by atoms with Gasteiger partial charge in [-0.2, -0.15) is 0 Å². The van der Waals surface area contributed by atoms with Gasteiger partial charge in [-0.3, -0.25) is 4.90 Å². The Balaban J connectivity index is 1.75. The number of rotatable bonds is 2. The van der Waals surface area contributed by atoms with Gasteiger partial charge in [0, 0.05) is 25.2 Å². The maximum atomic E-state index is 13.3. The van der Waals surface area contributed by atoms with E-state index >= 15 is 0 Å². The van der Waals surface area contributed by atoms with E-state index in [0.717, 1.165) is 25.2 Å². The van der Waals surface area contributed by atoms with E-state index in [9.17, 15) is 4.39 Å². The first-order chi connectivity index (χ1) is 9.15. The Labute approximate surface area is 118 Å². The molecule has 0 aliphatic carbocycles. The molecule has 0 aromatic heterocycles. The average Bonchev–Trinajstić information content (AvgIpc) is 3.03. The molecule has 0 radical (unpaired) electrons. The molecule has 2 N–H and O–H groups in total. The van der Waals surface area contributed by atoms with Crippen molar-refractivity contribution in [3.8, 4) is 0 Å². The molecule has 5 heteroatoms. The first kappa shape index (κ1) is 13.0. The summed E-state index contributed by atoms with van der Waals surface area (Å²) in [6, 6.07) is 3.57. The van der Waals surface area contributed by atoms with Crippen molar-refractivity contribution in [2.75, 3.05) is 36.8 Å². The largest absolute Gasteiger partial charge is 0.397 e. The molecule has 0 bridgehead atoms. The van der Waals surface area contributed by atoms with Gasteiger partial charge in [-0.05, 0) is 38.4 Å². The van der Waals surface area contributed by atoms with Crippen LogP contribution in [0.1, 0.15) is 19.3 Å². The van der Waals surface area contributed by atoms with Crippen molar-refractivity contribution < 1.29 is 4.39 Å². The van der Waals surface area contributed by atoms with E-state index in [0.29, 0.717) is 11.7 Å². The topological polar surface area (TPSA) is 32.5 Å². The molecule has 1 atom stereocenters. The van der Waals surface area contributed by atoms with Gasteiger partial charge in [0.25, 0.3) is 0 Å². The van der Waals surface area contributed by atoms with E-state index in [1.165, 1.54) is 32.0 Å². The molecular weight excluding hydrogens is 265 g/mol. The number of hydrogen-bond acceptors (Lipinski definition) is 3. The summed E-state index contributed by atoms with van der Waals surface area (Å²) < 4.78 is 13.3. The molecule has 3 nitrogen and oxygen atoms in total. The van der Waals surface area contributed by atoms with Gasteiger partial charge in [-0.25, -0.2) is 4.39 Å². The highest BCUT2D eigenvalue weighted by Gasteiger charge is 2.30. The molecule has 104 valence electrons. The van der Waals surface area contributed by atoms with E-state index in [1.54, 1.807) is 6.07 Å². The Morgan fingerprint density at radius 2 is 1.95 bits per heavy atom. The number of nitrogens with two attached hydrogens (primary N) is 1. The number of benzene rings is 1. The summed E-state index contributed by atoms with van der Waals surface area (Å²) >= 11 is 5.86. The minimum absolute atomic E-state index is 0.147. The van der Waals surface area contributed by atoms with Crippen molar-refractivity contribution in [3.63, 3.8) is 0 Å². The number of nitrogens with zero attached hydrogens (tertiary/aromatic N) is 2. The van der Waals surface area contributed by atoms with Crippen LogP contribution < -0.4 is 10.6 Å². The Kier molecular flexibility index (Phi) is 3.54. The summed E-state index contributed by atoms with van der Waals surface area (Å²) in [6.07, 6.45) is 3.76. The second-order valence-corrected chi connectivity index (χ2v) is 5.86. The molecule has 0 saturated carbocycles. The maximum absolute atomic E-state index is 13.3. The molecular formula is C14H19ClFN3. The molecule has 0 amide bonds. The molecule has 2 aliphatic heterocycles. The van der Waals surface area contributed by atoms with Crippen molar-refractivity contribution in [1.29, 1.82) is 0 Å². The Morgan fingerprint density at radius 1 is 1.21 bits per heavy atom. The summed E-state index contributed by atoms with van der Waals surface area (Å²) in [4.78, 5) is 4.78. The summed E-state index contributed by atoms with van der Waals surface area (Å²) in [5.41, 5.74) is 7.26. The number of halogens is 2. The SMILES string of the molecule is Nc1cc(F)c(Cl)cc1N1CCC(N2CCCC2)C1. The molecule has 2 fully saturated rings. The minimum Gasteiger partial charge on any atom is -0.397 e. The normalized spacial score (nSPS) is 24.3. The van der Waals surface area contributed by atoms with Gasteiger partial charge in [0.15, 0.2) is 0 Å². The van der Waals surface area contributed by atoms with Gasteiger partial charge in [0.2, 0.25) is 0 Å². The van der Waals surface area contributed by atoms with Crippen LogP contribution in [0, 0.1) is 5.82 Å². The van der Waals surface area contributed by atoms with E-state index in [4.69, 9.17) is 17.3 Å². The van der Waals surface area contributed by atoms with Crippen molar-refractivity contribution in [2.45, 2.75) is 25.3 Å². The summed E-state index contributed by atoms with van der Waals surface area (Å²) in [7, 11) is 0. The molecule has 1 unspecified atom stereocenters. The molecule has 2 heterocycles. The van der Waals surface area contributed by atoms with Crippen LogP contribution in [-0.2, 0) is 0 Å². The molecule has 1 aromatic rings. The first-order valence-corrected chi connectivity index (χ1v) is 7.26. The highest BCUT2D eigenvalue weighted by molar-refractivity contribution is 6.31. The standard InChI is InChI=1S/C14H19ClFN3/c15-11-7-14(13(17)8-12(11)16)19-6-3-10(9-19)18-4-1-2-5-18/h7-8,10H,1-6,9,17H2. The minimum atomic E-state index is -0.446. The van der Waals surface area contributed by atoms with Crippen molar-refractivity contribution >= 4 is 23.0 Å². The lowest BCUT2D eigenvalue weighted by atomic mass is 10.2. The van der Waals surface area contributed by atoms with Gasteiger partial charge in [0.05, 0.1) is 16.4 Å². The van der Waals surface area contributed by atoms with E-state index in [-0.39, 0.29) is 5.02 Å². The average molecular weight is 284 g/mol. The van der Waals surface area contributed by atoms with Crippen LogP contribution in [0.5, 0.6) is 0 Å². The smallest absolute Gasteiger partial charge is 0.143 e. The predicted molar refractivity (Wildman–Crippen MR) is 77.2 cm³/mol. The van der Waals surface area contributed by atoms with Crippen LogP contribution in [0.4, 0.5) is 15.8 Å². The fourth-order valence-electron chi connectivity index (χ4n) is 3.19. The fourth-order valence-corrected chi connectivity index (χ4v) is 3.35. The lowest BCUT2D eigenvalue weighted by Gasteiger charge is -2.25. The van der Waals surface area contributed by atoms with Gasteiger partial charge in [-0.15, -0.1) is 0 Å². The van der Waals surface area contributed by atoms with Crippen LogP contribution in [0.2, 0.25) is 5.02 Å². The zero-order valence-electron chi connectivity index (χ0n) is 10.9. The highest BCUT2D eigenvalue weighted by Crippen LogP contribution is 2.33. The summed E-state index contributed by atoms with van der Waals surface area (Å²) in [5, 5.41) is 0.147. The Hall–Kier alpha value is -1.00. The quantitative estimate of drug-likeness (QED) is 0.847. The van der Waals surface area contributed by atoms with Crippen molar-refractivity contribution in [2.24, 2.45) is 0 Å². The third-order valence-electron chi connectivity index (χ3n) is 4.23. The number of anilines is 2. The zero-order chi connectivity index (χ0) is 13.4. The lowest BCUT2D eigenvalue weighted by molar-refractivity contribution is 0.260. The highest BCUT2D eigenvalue weighted by atomic mass is 35.5. The molecule has 3 rings (SSSR count). The summed E-state index contributed by atoms with van der Waals surface area (Å²) in [5.74, 6) is -0.446. The van der Waals surface area contributed by atoms with Gasteiger partial charge >= 0.3 is 0 Å². The molecule has 0 spiro atoms. The van der Waals surface area contributed by atoms with Crippen LogP contribution in [0.3, 0.4) is 0 Å². The van der Waals surface area contributed by atoms with Crippen LogP contribution in [0.15, 0.2) is 12.1 Å². The first-order valence-electron chi connectivity index (χ1n) is 6.88.